The van der Waals surface area contributed by atoms with Crippen molar-refractivity contribution in [3.8, 4) is 0 Å². The molecular formula is C21H25NO3. The third-order valence-electron chi connectivity index (χ3n) is 4.52. The molecule has 1 atom stereocenters. The second kappa shape index (κ2) is 7.51. The number of carbonyl (C=O) groups is 2. The van der Waals surface area contributed by atoms with Crippen molar-refractivity contribution in [2.75, 3.05) is 5.32 Å². The van der Waals surface area contributed by atoms with Crippen LogP contribution in [-0.4, -0.2) is 17.0 Å². The van der Waals surface area contributed by atoms with E-state index in [9.17, 15) is 9.59 Å². The van der Waals surface area contributed by atoms with Crippen LogP contribution in [0.3, 0.4) is 0 Å². The minimum atomic E-state index is -0.808. The summed E-state index contributed by atoms with van der Waals surface area (Å²) in [5.74, 6) is -1.32. The number of carbonyl (C=O) groups excluding carboxylic acids is 1. The standard InChI is InChI=1S/C21H25NO3/c1-14-5-9-17(10-6-14)21(3,4)20(25)22-18-11-7-16(8-12-18)13-15(2)19(23)24/h5-12,15H,13H2,1-4H3,(H,22,25)(H,23,24). The van der Waals surface area contributed by atoms with E-state index in [1.165, 1.54) is 0 Å². The van der Waals surface area contributed by atoms with Gasteiger partial charge in [-0.05, 0) is 50.5 Å². The number of rotatable bonds is 6. The summed E-state index contributed by atoms with van der Waals surface area (Å²) in [6.45, 7) is 7.50. The molecule has 0 radical (unpaired) electrons. The van der Waals surface area contributed by atoms with E-state index in [-0.39, 0.29) is 5.91 Å². The number of anilines is 1. The molecule has 2 rings (SSSR count). The van der Waals surface area contributed by atoms with Crippen LogP contribution in [0, 0.1) is 12.8 Å². The van der Waals surface area contributed by atoms with Gasteiger partial charge in [-0.15, -0.1) is 0 Å². The first kappa shape index (κ1) is 18.7. The molecule has 0 heterocycles. The van der Waals surface area contributed by atoms with Crippen molar-refractivity contribution in [1.82, 2.24) is 0 Å². The fourth-order valence-corrected chi connectivity index (χ4v) is 2.55. The molecule has 0 saturated carbocycles. The van der Waals surface area contributed by atoms with E-state index in [1.54, 1.807) is 6.92 Å². The summed E-state index contributed by atoms with van der Waals surface area (Å²) in [7, 11) is 0. The molecule has 0 aliphatic heterocycles. The average molecular weight is 339 g/mol. The highest BCUT2D eigenvalue weighted by molar-refractivity contribution is 5.98. The zero-order valence-corrected chi connectivity index (χ0v) is 15.2. The van der Waals surface area contributed by atoms with Gasteiger partial charge in [-0.3, -0.25) is 9.59 Å². The Balaban J connectivity index is 2.07. The number of aliphatic carboxylic acids is 1. The normalized spacial score (nSPS) is 12.5. The average Bonchev–Trinajstić information content (AvgIpc) is 2.56. The Labute approximate surface area is 148 Å². The lowest BCUT2D eigenvalue weighted by molar-refractivity contribution is -0.141. The summed E-state index contributed by atoms with van der Waals surface area (Å²) in [6, 6.07) is 15.3. The molecular weight excluding hydrogens is 314 g/mol. The molecule has 0 aliphatic rings. The fraction of sp³-hybridized carbons (Fsp3) is 0.333. The number of aryl methyl sites for hydroxylation is 1. The van der Waals surface area contributed by atoms with Crippen LogP contribution in [-0.2, 0) is 21.4 Å². The van der Waals surface area contributed by atoms with Gasteiger partial charge in [-0.2, -0.15) is 0 Å². The molecule has 1 unspecified atom stereocenters. The van der Waals surface area contributed by atoms with Crippen LogP contribution < -0.4 is 5.32 Å². The maximum atomic E-state index is 12.7. The van der Waals surface area contributed by atoms with Crippen molar-refractivity contribution in [3.63, 3.8) is 0 Å². The molecule has 25 heavy (non-hydrogen) atoms. The van der Waals surface area contributed by atoms with E-state index in [2.05, 4.69) is 5.32 Å². The zero-order chi connectivity index (χ0) is 18.6. The molecule has 0 bridgehead atoms. The number of hydrogen-bond donors (Lipinski definition) is 2. The summed E-state index contributed by atoms with van der Waals surface area (Å²) in [4.78, 5) is 23.6. The van der Waals surface area contributed by atoms with Gasteiger partial charge < -0.3 is 10.4 Å². The second-order valence-corrected chi connectivity index (χ2v) is 7.09. The van der Waals surface area contributed by atoms with Gasteiger partial charge in [0.2, 0.25) is 5.91 Å². The molecule has 132 valence electrons. The van der Waals surface area contributed by atoms with Crippen molar-refractivity contribution in [1.29, 1.82) is 0 Å². The number of nitrogens with one attached hydrogen (secondary N) is 1. The maximum Gasteiger partial charge on any atom is 0.306 e. The van der Waals surface area contributed by atoms with E-state index in [1.807, 2.05) is 69.3 Å². The van der Waals surface area contributed by atoms with Gasteiger partial charge in [-0.25, -0.2) is 0 Å². The minimum absolute atomic E-state index is 0.0805. The number of carboxylic acid groups (broad SMARTS) is 1. The first-order valence-corrected chi connectivity index (χ1v) is 8.40. The Morgan fingerprint density at radius 3 is 2.12 bits per heavy atom. The van der Waals surface area contributed by atoms with Crippen molar-refractivity contribution < 1.29 is 14.7 Å². The SMILES string of the molecule is Cc1ccc(C(C)(C)C(=O)Nc2ccc(CC(C)C(=O)O)cc2)cc1. The Hall–Kier alpha value is -2.62. The smallest absolute Gasteiger partial charge is 0.306 e. The van der Waals surface area contributed by atoms with Crippen LogP contribution in [0.5, 0.6) is 0 Å². The topological polar surface area (TPSA) is 66.4 Å². The van der Waals surface area contributed by atoms with E-state index in [0.717, 1.165) is 16.7 Å². The molecule has 0 aliphatic carbocycles. The van der Waals surface area contributed by atoms with Crippen LogP contribution in [0.2, 0.25) is 0 Å². The third kappa shape index (κ3) is 4.69. The molecule has 0 saturated heterocycles. The van der Waals surface area contributed by atoms with Crippen LogP contribution in [0.15, 0.2) is 48.5 Å². The molecule has 4 heteroatoms. The van der Waals surface area contributed by atoms with E-state index in [4.69, 9.17) is 5.11 Å². The maximum absolute atomic E-state index is 12.7. The molecule has 0 aromatic heterocycles. The van der Waals surface area contributed by atoms with Crippen molar-refractivity contribution in [2.24, 2.45) is 5.92 Å². The summed E-state index contributed by atoms with van der Waals surface area (Å²) < 4.78 is 0. The van der Waals surface area contributed by atoms with Crippen LogP contribution in [0.25, 0.3) is 0 Å². The van der Waals surface area contributed by atoms with E-state index >= 15 is 0 Å². The Morgan fingerprint density at radius 1 is 1.04 bits per heavy atom. The Kier molecular flexibility index (Phi) is 5.62. The quantitative estimate of drug-likeness (QED) is 0.830. The lowest BCUT2D eigenvalue weighted by Crippen LogP contribution is -2.34. The summed E-state index contributed by atoms with van der Waals surface area (Å²) in [5, 5.41) is 11.9. The summed E-state index contributed by atoms with van der Waals surface area (Å²) in [6.07, 6.45) is 0.471. The predicted octanol–water partition coefficient (Wildman–Crippen LogP) is 4.17. The third-order valence-corrected chi connectivity index (χ3v) is 4.52. The zero-order valence-electron chi connectivity index (χ0n) is 15.2. The van der Waals surface area contributed by atoms with Crippen LogP contribution >= 0.6 is 0 Å². The van der Waals surface area contributed by atoms with Gasteiger partial charge in [0, 0.05) is 5.69 Å². The summed E-state index contributed by atoms with van der Waals surface area (Å²) >= 11 is 0. The van der Waals surface area contributed by atoms with E-state index in [0.29, 0.717) is 12.1 Å². The first-order chi connectivity index (χ1) is 11.7. The van der Waals surface area contributed by atoms with Crippen molar-refractivity contribution in [3.05, 3.63) is 65.2 Å². The molecule has 4 nitrogen and oxygen atoms in total. The van der Waals surface area contributed by atoms with Gasteiger partial charge in [-0.1, -0.05) is 48.9 Å². The largest absolute Gasteiger partial charge is 0.481 e. The van der Waals surface area contributed by atoms with Gasteiger partial charge >= 0.3 is 5.97 Å². The fourth-order valence-electron chi connectivity index (χ4n) is 2.55. The first-order valence-electron chi connectivity index (χ1n) is 8.40. The van der Waals surface area contributed by atoms with Crippen LogP contribution in [0.4, 0.5) is 5.69 Å². The molecule has 0 spiro atoms. The Morgan fingerprint density at radius 2 is 1.60 bits per heavy atom. The van der Waals surface area contributed by atoms with Crippen LogP contribution in [0.1, 0.15) is 37.5 Å². The van der Waals surface area contributed by atoms with Crippen molar-refractivity contribution in [2.45, 2.75) is 39.5 Å². The molecule has 2 aromatic carbocycles. The predicted molar refractivity (Wildman–Crippen MR) is 99.8 cm³/mol. The summed E-state index contributed by atoms with van der Waals surface area (Å²) in [5.41, 5.74) is 3.11. The highest BCUT2D eigenvalue weighted by atomic mass is 16.4. The minimum Gasteiger partial charge on any atom is -0.481 e. The van der Waals surface area contributed by atoms with Gasteiger partial charge in [0.25, 0.3) is 0 Å². The number of hydrogen-bond acceptors (Lipinski definition) is 2. The van der Waals surface area contributed by atoms with E-state index < -0.39 is 17.3 Å². The number of carboxylic acids is 1. The Bertz CT molecular complexity index is 746. The number of amides is 1. The monoisotopic (exact) mass is 339 g/mol. The molecule has 1 amide bonds. The van der Waals surface area contributed by atoms with Gasteiger partial charge in [0.1, 0.15) is 0 Å². The molecule has 2 N–H and O–H groups in total. The molecule has 0 fully saturated rings. The van der Waals surface area contributed by atoms with Crippen molar-refractivity contribution >= 4 is 17.6 Å². The second-order valence-electron chi connectivity index (χ2n) is 7.09. The van der Waals surface area contributed by atoms with Gasteiger partial charge in [0.05, 0.1) is 11.3 Å². The highest BCUT2D eigenvalue weighted by Gasteiger charge is 2.29. The highest BCUT2D eigenvalue weighted by Crippen LogP contribution is 2.25. The number of benzene rings is 2. The van der Waals surface area contributed by atoms with Gasteiger partial charge in [0.15, 0.2) is 0 Å². The lowest BCUT2D eigenvalue weighted by Gasteiger charge is -2.24. The molecule has 2 aromatic rings. The lowest BCUT2D eigenvalue weighted by atomic mass is 9.83.